The fourth-order valence-electron chi connectivity index (χ4n) is 0.789. The molecule has 0 radical (unpaired) electrons. The molecule has 2 heteroatoms. The molecule has 0 unspecified atom stereocenters. The minimum Gasteiger partial charge on any atom is -0.390 e. The molecule has 0 aliphatic heterocycles. The highest BCUT2D eigenvalue weighted by Gasteiger charge is 1.92. The predicted octanol–water partition coefficient (Wildman–Crippen LogP) is 1.96. The van der Waals surface area contributed by atoms with Crippen molar-refractivity contribution in [3.63, 3.8) is 0 Å². The Balaban J connectivity index is 4.08. The van der Waals surface area contributed by atoms with Crippen LogP contribution < -0.4 is 0 Å². The Morgan fingerprint density at radius 2 is 2.25 bits per heavy atom. The second kappa shape index (κ2) is 6.80. The van der Waals surface area contributed by atoms with Crippen LogP contribution in [0.15, 0.2) is 29.3 Å². The van der Waals surface area contributed by atoms with Gasteiger partial charge in [0.05, 0.1) is 18.9 Å². The van der Waals surface area contributed by atoms with Crippen LogP contribution >= 0.6 is 0 Å². The molecule has 2 nitrogen and oxygen atoms in total. The van der Waals surface area contributed by atoms with Crippen LogP contribution in [0.3, 0.4) is 0 Å². The van der Waals surface area contributed by atoms with Crippen LogP contribution in [0.5, 0.6) is 0 Å². The summed E-state index contributed by atoms with van der Waals surface area (Å²) in [5.41, 5.74) is 1.94. The van der Waals surface area contributed by atoms with Gasteiger partial charge in [-0.1, -0.05) is 25.2 Å². The average molecular weight is 167 g/mol. The van der Waals surface area contributed by atoms with Gasteiger partial charge in [0.15, 0.2) is 0 Å². The summed E-state index contributed by atoms with van der Waals surface area (Å²) in [5.74, 6) is 0. The van der Waals surface area contributed by atoms with Gasteiger partial charge in [-0.15, -0.1) is 0 Å². The molecule has 68 valence electrons. The van der Waals surface area contributed by atoms with Crippen molar-refractivity contribution in [2.45, 2.75) is 20.3 Å². The van der Waals surface area contributed by atoms with Crippen molar-refractivity contribution in [3.05, 3.63) is 24.3 Å². The fraction of sp³-hybridized carbons (Fsp3) is 0.500. The van der Waals surface area contributed by atoms with Crippen molar-refractivity contribution < 1.29 is 5.11 Å². The Bertz CT molecular complexity index is 192. The van der Waals surface area contributed by atoms with Gasteiger partial charge in [0.25, 0.3) is 0 Å². The monoisotopic (exact) mass is 167 g/mol. The Morgan fingerprint density at radius 1 is 1.58 bits per heavy atom. The SMILES string of the molecule is C=CC(CO)=NC/C(=C\C)CC. The molecule has 0 saturated heterocycles. The van der Waals surface area contributed by atoms with E-state index in [1.165, 1.54) is 5.57 Å². The normalized spacial score (nSPS) is 13.2. The van der Waals surface area contributed by atoms with Crippen molar-refractivity contribution >= 4 is 5.71 Å². The van der Waals surface area contributed by atoms with E-state index < -0.39 is 0 Å². The van der Waals surface area contributed by atoms with Crippen LogP contribution in [0, 0.1) is 0 Å². The first-order chi connectivity index (χ1) is 5.78. The smallest absolute Gasteiger partial charge is 0.0848 e. The lowest BCUT2D eigenvalue weighted by Gasteiger charge is -1.99. The first kappa shape index (κ1) is 11.1. The van der Waals surface area contributed by atoms with Gasteiger partial charge in [-0.05, 0) is 19.4 Å². The summed E-state index contributed by atoms with van der Waals surface area (Å²) in [7, 11) is 0. The average Bonchev–Trinajstić information content (AvgIpc) is 2.13. The summed E-state index contributed by atoms with van der Waals surface area (Å²) in [6.07, 6.45) is 4.65. The van der Waals surface area contributed by atoms with E-state index in [0.29, 0.717) is 12.3 Å². The molecule has 0 rings (SSSR count). The fourth-order valence-corrected chi connectivity index (χ4v) is 0.789. The van der Waals surface area contributed by atoms with Gasteiger partial charge in [-0.3, -0.25) is 4.99 Å². The van der Waals surface area contributed by atoms with Crippen LogP contribution in [0.1, 0.15) is 20.3 Å². The van der Waals surface area contributed by atoms with Crippen LogP contribution in [-0.4, -0.2) is 24.0 Å². The van der Waals surface area contributed by atoms with Crippen LogP contribution in [0.4, 0.5) is 0 Å². The molecule has 12 heavy (non-hydrogen) atoms. The number of hydrogen-bond donors (Lipinski definition) is 1. The number of aliphatic hydroxyl groups is 1. The summed E-state index contributed by atoms with van der Waals surface area (Å²) in [4.78, 5) is 4.18. The van der Waals surface area contributed by atoms with Crippen molar-refractivity contribution in [3.8, 4) is 0 Å². The molecular formula is C10H17NO. The topological polar surface area (TPSA) is 32.6 Å². The lowest BCUT2D eigenvalue weighted by molar-refractivity contribution is 0.358. The summed E-state index contributed by atoms with van der Waals surface area (Å²) in [6.45, 7) is 8.30. The molecule has 1 N–H and O–H groups in total. The maximum atomic E-state index is 8.76. The lowest BCUT2D eigenvalue weighted by Crippen LogP contribution is -2.01. The van der Waals surface area contributed by atoms with Gasteiger partial charge in [0.2, 0.25) is 0 Å². The second-order valence-electron chi connectivity index (χ2n) is 2.47. The maximum absolute atomic E-state index is 8.76. The summed E-state index contributed by atoms with van der Waals surface area (Å²) < 4.78 is 0. The van der Waals surface area contributed by atoms with E-state index in [1.54, 1.807) is 6.08 Å². The first-order valence-electron chi connectivity index (χ1n) is 4.19. The zero-order chi connectivity index (χ0) is 9.40. The van der Waals surface area contributed by atoms with E-state index in [1.807, 2.05) is 6.92 Å². The zero-order valence-electron chi connectivity index (χ0n) is 7.88. The number of aliphatic hydroxyl groups excluding tert-OH is 1. The molecule has 0 aliphatic carbocycles. The van der Waals surface area contributed by atoms with E-state index in [2.05, 4.69) is 24.6 Å². The van der Waals surface area contributed by atoms with Gasteiger partial charge < -0.3 is 5.11 Å². The number of nitrogens with zero attached hydrogens (tertiary/aromatic N) is 1. The molecule has 0 atom stereocenters. The quantitative estimate of drug-likeness (QED) is 0.492. The molecule has 0 fully saturated rings. The second-order valence-corrected chi connectivity index (χ2v) is 2.47. The number of aliphatic imine (C=N–C) groups is 1. The van der Waals surface area contributed by atoms with Crippen molar-refractivity contribution in [2.75, 3.05) is 13.2 Å². The molecule has 0 bridgehead atoms. The van der Waals surface area contributed by atoms with E-state index in [4.69, 9.17) is 5.11 Å². The summed E-state index contributed by atoms with van der Waals surface area (Å²) in [6, 6.07) is 0. The molecule has 0 aromatic heterocycles. The van der Waals surface area contributed by atoms with Crippen molar-refractivity contribution in [1.82, 2.24) is 0 Å². The Kier molecular flexibility index (Phi) is 6.29. The molecular weight excluding hydrogens is 150 g/mol. The van der Waals surface area contributed by atoms with Gasteiger partial charge in [0, 0.05) is 0 Å². The largest absolute Gasteiger partial charge is 0.390 e. The number of hydrogen-bond acceptors (Lipinski definition) is 2. The highest BCUT2D eigenvalue weighted by molar-refractivity contribution is 5.95. The third kappa shape index (κ3) is 4.09. The van der Waals surface area contributed by atoms with Crippen LogP contribution in [0.2, 0.25) is 0 Å². The number of rotatable bonds is 5. The molecule has 0 aromatic rings. The zero-order valence-corrected chi connectivity index (χ0v) is 7.88. The van der Waals surface area contributed by atoms with Crippen molar-refractivity contribution in [2.24, 2.45) is 4.99 Å². The maximum Gasteiger partial charge on any atom is 0.0848 e. The standard InChI is InChI=1S/C10H17NO/c1-4-9(5-2)7-11-10(6-3)8-12/h4,6,12H,3,5,7-8H2,1-2H3/b9-4-,11-10?. The lowest BCUT2D eigenvalue weighted by atomic mass is 10.2. The summed E-state index contributed by atoms with van der Waals surface area (Å²) in [5, 5.41) is 8.76. The first-order valence-corrected chi connectivity index (χ1v) is 4.19. The minimum absolute atomic E-state index is 0.0236. The van der Waals surface area contributed by atoms with Gasteiger partial charge in [-0.25, -0.2) is 0 Å². The van der Waals surface area contributed by atoms with E-state index in [9.17, 15) is 0 Å². The van der Waals surface area contributed by atoms with Crippen LogP contribution in [0.25, 0.3) is 0 Å². The molecule has 0 aromatic carbocycles. The molecule has 0 amide bonds. The Morgan fingerprint density at radius 3 is 2.58 bits per heavy atom. The van der Waals surface area contributed by atoms with E-state index in [-0.39, 0.29) is 6.61 Å². The Hall–Kier alpha value is -0.890. The third-order valence-electron chi connectivity index (χ3n) is 1.75. The molecule has 0 saturated carbocycles. The molecule has 0 aliphatic rings. The number of allylic oxidation sites excluding steroid dienone is 1. The minimum atomic E-state index is -0.0236. The van der Waals surface area contributed by atoms with Gasteiger partial charge >= 0.3 is 0 Å². The van der Waals surface area contributed by atoms with Crippen molar-refractivity contribution in [1.29, 1.82) is 0 Å². The Labute approximate surface area is 74.3 Å². The van der Waals surface area contributed by atoms with Gasteiger partial charge in [0.1, 0.15) is 0 Å². The molecule has 0 heterocycles. The third-order valence-corrected chi connectivity index (χ3v) is 1.75. The highest BCUT2D eigenvalue weighted by Crippen LogP contribution is 2.00. The van der Waals surface area contributed by atoms with E-state index >= 15 is 0 Å². The predicted molar refractivity (Wildman–Crippen MR) is 53.6 cm³/mol. The van der Waals surface area contributed by atoms with Crippen LogP contribution in [-0.2, 0) is 0 Å². The molecule has 0 spiro atoms. The summed E-state index contributed by atoms with van der Waals surface area (Å²) >= 11 is 0. The highest BCUT2D eigenvalue weighted by atomic mass is 16.3. The van der Waals surface area contributed by atoms with Gasteiger partial charge in [-0.2, -0.15) is 0 Å². The van der Waals surface area contributed by atoms with E-state index in [0.717, 1.165) is 6.42 Å².